The van der Waals surface area contributed by atoms with Gasteiger partial charge in [0.1, 0.15) is 6.04 Å². The Morgan fingerprint density at radius 1 is 0.947 bits per heavy atom. The summed E-state index contributed by atoms with van der Waals surface area (Å²) in [5.41, 5.74) is 2.45. The first-order valence-corrected chi connectivity index (χ1v) is 12.8. The molecule has 1 saturated heterocycles. The second kappa shape index (κ2) is 11.0. The van der Waals surface area contributed by atoms with Crippen LogP contribution in [0.5, 0.6) is 11.5 Å². The van der Waals surface area contributed by atoms with Gasteiger partial charge in [0.2, 0.25) is 5.91 Å². The van der Waals surface area contributed by atoms with Crippen LogP contribution in [0.2, 0.25) is 0 Å². The molecule has 2 N–H and O–H groups in total. The van der Waals surface area contributed by atoms with E-state index in [9.17, 15) is 14.4 Å². The van der Waals surface area contributed by atoms with E-state index in [1.165, 1.54) is 7.11 Å². The number of methoxy groups -OCH3 is 2. The van der Waals surface area contributed by atoms with E-state index >= 15 is 0 Å². The molecule has 0 aliphatic carbocycles. The molecule has 9 nitrogen and oxygen atoms in total. The molecular formula is C29H32N4O5. The average molecular weight is 517 g/mol. The summed E-state index contributed by atoms with van der Waals surface area (Å²) in [7, 11) is 3.08. The number of ether oxygens (including phenoxy) is 2. The molecule has 3 aromatic rings. The van der Waals surface area contributed by atoms with Crippen molar-refractivity contribution in [1.29, 1.82) is 0 Å². The summed E-state index contributed by atoms with van der Waals surface area (Å²) in [6, 6.07) is 19.0. The molecule has 3 heterocycles. The van der Waals surface area contributed by atoms with Crippen molar-refractivity contribution in [3.8, 4) is 11.5 Å². The van der Waals surface area contributed by atoms with Crippen molar-refractivity contribution >= 4 is 17.6 Å². The number of pyridine rings is 1. The molecule has 2 aromatic carbocycles. The Labute approximate surface area is 221 Å². The third-order valence-corrected chi connectivity index (χ3v) is 7.31. The second-order valence-electron chi connectivity index (χ2n) is 9.85. The Bertz CT molecular complexity index is 1370. The minimum atomic E-state index is -0.797. The largest absolute Gasteiger partial charge is 0.493 e. The van der Waals surface area contributed by atoms with Gasteiger partial charge in [-0.2, -0.15) is 0 Å². The van der Waals surface area contributed by atoms with Gasteiger partial charge in [-0.3, -0.25) is 9.59 Å². The molecule has 9 heteroatoms. The van der Waals surface area contributed by atoms with E-state index in [1.54, 1.807) is 42.3 Å². The van der Waals surface area contributed by atoms with Crippen molar-refractivity contribution in [3.63, 3.8) is 0 Å². The number of nitrogens with zero attached hydrogens (tertiary/aromatic N) is 2. The van der Waals surface area contributed by atoms with Crippen molar-refractivity contribution < 1.29 is 19.1 Å². The van der Waals surface area contributed by atoms with Gasteiger partial charge in [-0.25, -0.2) is 4.79 Å². The van der Waals surface area contributed by atoms with Crippen molar-refractivity contribution in [1.82, 2.24) is 14.8 Å². The molecule has 1 fully saturated rings. The summed E-state index contributed by atoms with van der Waals surface area (Å²) in [5.74, 6) is 1.01. The lowest BCUT2D eigenvalue weighted by Crippen LogP contribution is -2.55. The molecule has 198 valence electrons. The molecule has 3 amide bonds. The zero-order chi connectivity index (χ0) is 26.6. The lowest BCUT2D eigenvalue weighted by atomic mass is 9.83. The number of hydrogen-bond donors (Lipinski definition) is 2. The average Bonchev–Trinajstić information content (AvgIpc) is 2.93. The molecule has 38 heavy (non-hydrogen) atoms. The van der Waals surface area contributed by atoms with Gasteiger partial charge in [-0.15, -0.1) is 0 Å². The maximum absolute atomic E-state index is 13.5. The van der Waals surface area contributed by atoms with E-state index in [0.717, 1.165) is 17.7 Å². The van der Waals surface area contributed by atoms with E-state index in [0.29, 0.717) is 43.2 Å². The molecule has 2 aliphatic rings. The number of nitrogens with one attached hydrogen (secondary N) is 2. The number of rotatable bonds is 7. The number of carbonyl (C=O) groups is 2. The first-order chi connectivity index (χ1) is 18.4. The van der Waals surface area contributed by atoms with Crippen LogP contribution in [0.1, 0.15) is 23.6 Å². The predicted octanol–water partition coefficient (Wildman–Crippen LogP) is 3.24. The van der Waals surface area contributed by atoms with Crippen molar-refractivity contribution in [2.24, 2.45) is 5.92 Å². The highest BCUT2D eigenvalue weighted by Crippen LogP contribution is 2.35. The van der Waals surface area contributed by atoms with Crippen LogP contribution in [0.4, 0.5) is 10.5 Å². The predicted molar refractivity (Wildman–Crippen MR) is 144 cm³/mol. The van der Waals surface area contributed by atoms with E-state index in [2.05, 4.69) is 10.6 Å². The summed E-state index contributed by atoms with van der Waals surface area (Å²) in [6.07, 6.45) is 1.28. The Morgan fingerprint density at radius 3 is 2.50 bits per heavy atom. The number of amides is 3. The van der Waals surface area contributed by atoms with Crippen LogP contribution in [0.25, 0.3) is 0 Å². The molecule has 0 saturated carbocycles. The van der Waals surface area contributed by atoms with Crippen LogP contribution in [-0.4, -0.2) is 54.8 Å². The summed E-state index contributed by atoms with van der Waals surface area (Å²) in [4.78, 5) is 41.0. The maximum Gasteiger partial charge on any atom is 0.318 e. The first kappa shape index (κ1) is 25.4. The molecule has 1 aromatic heterocycles. The fraction of sp³-hybridized carbons (Fsp3) is 0.345. The molecule has 2 bridgehead atoms. The van der Waals surface area contributed by atoms with Crippen LogP contribution >= 0.6 is 0 Å². The molecule has 0 spiro atoms. The van der Waals surface area contributed by atoms with Crippen molar-refractivity contribution in [2.45, 2.75) is 31.3 Å². The van der Waals surface area contributed by atoms with Gasteiger partial charge in [0.25, 0.3) is 5.56 Å². The Morgan fingerprint density at radius 2 is 1.74 bits per heavy atom. The van der Waals surface area contributed by atoms with Crippen molar-refractivity contribution in [3.05, 3.63) is 88.3 Å². The van der Waals surface area contributed by atoms with Crippen LogP contribution in [0, 0.1) is 5.92 Å². The fourth-order valence-electron chi connectivity index (χ4n) is 5.51. The smallest absolute Gasteiger partial charge is 0.318 e. The number of hydrogen-bond acceptors (Lipinski definition) is 5. The minimum absolute atomic E-state index is 0.00450. The zero-order valence-electron chi connectivity index (χ0n) is 21.6. The fourth-order valence-corrected chi connectivity index (χ4v) is 5.51. The molecule has 0 radical (unpaired) electrons. The van der Waals surface area contributed by atoms with Gasteiger partial charge in [0.05, 0.1) is 14.2 Å². The van der Waals surface area contributed by atoms with E-state index < -0.39 is 6.04 Å². The number of benzene rings is 2. The Kier molecular flexibility index (Phi) is 7.35. The van der Waals surface area contributed by atoms with Gasteiger partial charge >= 0.3 is 6.03 Å². The van der Waals surface area contributed by atoms with Gasteiger partial charge in [-0.05, 0) is 36.1 Å². The number of anilines is 1. The number of urea groups is 1. The van der Waals surface area contributed by atoms with Gasteiger partial charge < -0.3 is 29.6 Å². The normalized spacial score (nSPS) is 18.6. The molecule has 5 rings (SSSR count). The van der Waals surface area contributed by atoms with E-state index in [1.807, 2.05) is 41.0 Å². The SMILES string of the molecule is COc1ccc(NC(=O)[C@H](Cc2ccccc2)NC(=O)N2C[C@H]3C[C@@H](C2)c2cccc(=O)n2C3)cc1OC. The van der Waals surface area contributed by atoms with Gasteiger partial charge in [-0.1, -0.05) is 36.4 Å². The number of likely N-dealkylation sites (tertiary alicyclic amines) is 1. The third-order valence-electron chi connectivity index (χ3n) is 7.31. The van der Waals surface area contributed by atoms with E-state index in [-0.39, 0.29) is 29.3 Å². The van der Waals surface area contributed by atoms with Gasteiger partial charge in [0, 0.05) is 55.5 Å². The zero-order valence-corrected chi connectivity index (χ0v) is 21.6. The molecule has 0 unspecified atom stereocenters. The topological polar surface area (TPSA) is 102 Å². The molecule has 3 atom stereocenters. The first-order valence-electron chi connectivity index (χ1n) is 12.8. The number of carbonyl (C=O) groups excluding carboxylic acids is 2. The van der Waals surface area contributed by atoms with Crippen LogP contribution in [0.3, 0.4) is 0 Å². The maximum atomic E-state index is 13.5. The monoisotopic (exact) mass is 516 g/mol. The highest BCUT2D eigenvalue weighted by molar-refractivity contribution is 5.97. The Hall–Kier alpha value is -4.27. The number of fused-ring (bicyclic) bond motifs is 4. The summed E-state index contributed by atoms with van der Waals surface area (Å²) in [5, 5.41) is 5.89. The van der Waals surface area contributed by atoms with Crippen LogP contribution in [-0.2, 0) is 17.8 Å². The summed E-state index contributed by atoms with van der Waals surface area (Å²) in [6.45, 7) is 1.64. The summed E-state index contributed by atoms with van der Waals surface area (Å²) >= 11 is 0. The van der Waals surface area contributed by atoms with Crippen LogP contribution in [0.15, 0.2) is 71.5 Å². The second-order valence-corrected chi connectivity index (χ2v) is 9.85. The molecular weight excluding hydrogens is 484 g/mol. The number of aromatic nitrogens is 1. The van der Waals surface area contributed by atoms with Crippen molar-refractivity contribution in [2.75, 3.05) is 32.6 Å². The molecule has 2 aliphatic heterocycles. The third kappa shape index (κ3) is 5.37. The lowest BCUT2D eigenvalue weighted by Gasteiger charge is -2.43. The summed E-state index contributed by atoms with van der Waals surface area (Å²) < 4.78 is 12.5. The standard InChI is InChI=1S/C29H32N4O5/c1-37-25-12-11-22(15-26(25)38-2)30-28(35)23(14-19-7-4-3-5-8-19)31-29(36)32-16-20-13-21(18-32)24-9-6-10-27(34)33(24)17-20/h3-12,15,20-21,23H,13-14,16-18H2,1-2H3,(H,30,35)(H,31,36)/t20-,21+,23+/m1/s1. The van der Waals surface area contributed by atoms with Crippen LogP contribution < -0.4 is 25.7 Å². The quantitative estimate of drug-likeness (QED) is 0.502. The highest BCUT2D eigenvalue weighted by Gasteiger charge is 2.37. The highest BCUT2D eigenvalue weighted by atomic mass is 16.5. The van der Waals surface area contributed by atoms with Gasteiger partial charge in [0.15, 0.2) is 11.5 Å². The van der Waals surface area contributed by atoms with E-state index in [4.69, 9.17) is 9.47 Å². The Balaban J connectivity index is 1.33. The lowest BCUT2D eigenvalue weighted by molar-refractivity contribution is -0.118. The number of piperidine rings is 1. The minimum Gasteiger partial charge on any atom is -0.493 e.